The fourth-order valence-corrected chi connectivity index (χ4v) is 4.07. The van der Waals surface area contributed by atoms with E-state index in [2.05, 4.69) is 43.7 Å². The number of anilines is 1. The van der Waals surface area contributed by atoms with Crippen LogP contribution in [0.3, 0.4) is 0 Å². The van der Waals surface area contributed by atoms with Gasteiger partial charge in [-0.15, -0.1) is 11.3 Å². The Balaban J connectivity index is 1.46. The van der Waals surface area contributed by atoms with Crippen LogP contribution in [-0.2, 0) is 19.9 Å². The van der Waals surface area contributed by atoms with Crippen LogP contribution in [0.4, 0.5) is 5.69 Å². The Morgan fingerprint density at radius 1 is 1.42 bits per heavy atom. The van der Waals surface area contributed by atoms with E-state index in [1.165, 1.54) is 22.0 Å². The molecule has 2 N–H and O–H groups in total. The number of aromatic nitrogens is 3. The summed E-state index contributed by atoms with van der Waals surface area (Å²) in [6.07, 6.45) is 10.3. The molecule has 2 aromatic rings. The molecule has 26 heavy (non-hydrogen) atoms. The van der Waals surface area contributed by atoms with Gasteiger partial charge in [0.2, 0.25) is 0 Å². The molecule has 1 aliphatic rings. The molecule has 1 fully saturated rings. The molecule has 1 unspecified atom stereocenters. The Hall–Kier alpha value is -2.09. The van der Waals surface area contributed by atoms with Crippen LogP contribution < -0.4 is 15.5 Å². The number of nitrogens with one attached hydrogen (secondary N) is 2. The van der Waals surface area contributed by atoms with Crippen LogP contribution in [0.2, 0.25) is 0 Å². The van der Waals surface area contributed by atoms with E-state index in [0.29, 0.717) is 6.04 Å². The smallest absolute Gasteiger partial charge is 0.191 e. The standard InChI is InChI=1S/C18H29N7S/c1-4-16-11-21-17(26-16)7-8-20-18(19-2)23-14-6-5-9-25(12-14)15-10-22-24(3)13-15/h10-11,13-14H,4-9,12H2,1-3H3,(H2,19,20,23). The highest BCUT2D eigenvalue weighted by Gasteiger charge is 2.21. The first-order chi connectivity index (χ1) is 12.7. The molecule has 0 radical (unpaired) electrons. The second kappa shape index (κ2) is 9.02. The second-order valence-corrected chi connectivity index (χ2v) is 7.82. The molecule has 0 saturated carbocycles. The molecule has 1 saturated heterocycles. The third-order valence-corrected chi connectivity index (χ3v) is 5.82. The molecule has 0 amide bonds. The van der Waals surface area contributed by atoms with Gasteiger partial charge >= 0.3 is 0 Å². The number of thiazole rings is 1. The number of aryl methyl sites for hydroxylation is 2. The van der Waals surface area contributed by atoms with Crippen molar-refractivity contribution < 1.29 is 0 Å². The average molecular weight is 376 g/mol. The van der Waals surface area contributed by atoms with Crippen molar-refractivity contribution in [1.82, 2.24) is 25.4 Å². The lowest BCUT2D eigenvalue weighted by Gasteiger charge is -2.34. The van der Waals surface area contributed by atoms with Crippen molar-refractivity contribution in [3.8, 4) is 0 Å². The van der Waals surface area contributed by atoms with Crippen LogP contribution in [0.25, 0.3) is 0 Å². The van der Waals surface area contributed by atoms with Crippen LogP contribution in [0, 0.1) is 0 Å². The van der Waals surface area contributed by atoms with Crippen molar-refractivity contribution in [1.29, 1.82) is 0 Å². The summed E-state index contributed by atoms with van der Waals surface area (Å²) < 4.78 is 1.86. The number of aliphatic imine (C=N–C) groups is 1. The molecule has 0 spiro atoms. The number of rotatable bonds is 6. The molecule has 1 aliphatic heterocycles. The van der Waals surface area contributed by atoms with Gasteiger partial charge < -0.3 is 15.5 Å². The van der Waals surface area contributed by atoms with E-state index in [4.69, 9.17) is 0 Å². The number of hydrogen-bond acceptors (Lipinski definition) is 5. The monoisotopic (exact) mass is 375 g/mol. The van der Waals surface area contributed by atoms with Gasteiger partial charge in [-0.1, -0.05) is 6.92 Å². The van der Waals surface area contributed by atoms with Gasteiger partial charge in [0, 0.05) is 63.5 Å². The van der Waals surface area contributed by atoms with Crippen molar-refractivity contribution in [3.05, 3.63) is 28.5 Å². The van der Waals surface area contributed by atoms with Crippen LogP contribution in [0.1, 0.15) is 29.7 Å². The van der Waals surface area contributed by atoms with E-state index in [0.717, 1.165) is 44.9 Å². The second-order valence-electron chi connectivity index (χ2n) is 6.62. The number of piperidine rings is 1. The zero-order valence-electron chi connectivity index (χ0n) is 15.9. The summed E-state index contributed by atoms with van der Waals surface area (Å²) in [6, 6.07) is 0.390. The average Bonchev–Trinajstić information content (AvgIpc) is 3.30. The van der Waals surface area contributed by atoms with Gasteiger partial charge in [0.25, 0.3) is 0 Å². The van der Waals surface area contributed by atoms with Gasteiger partial charge in [-0.3, -0.25) is 9.67 Å². The minimum atomic E-state index is 0.390. The van der Waals surface area contributed by atoms with E-state index in [1.54, 1.807) is 11.3 Å². The van der Waals surface area contributed by atoms with Crippen LogP contribution >= 0.6 is 11.3 Å². The first-order valence-corrected chi connectivity index (χ1v) is 10.1. The van der Waals surface area contributed by atoms with Gasteiger partial charge in [-0.25, -0.2) is 4.98 Å². The van der Waals surface area contributed by atoms with E-state index < -0.39 is 0 Å². The zero-order valence-corrected chi connectivity index (χ0v) is 16.7. The van der Waals surface area contributed by atoms with Gasteiger partial charge in [0.05, 0.1) is 16.9 Å². The Morgan fingerprint density at radius 3 is 3.00 bits per heavy atom. The Morgan fingerprint density at radius 2 is 2.31 bits per heavy atom. The lowest BCUT2D eigenvalue weighted by Crippen LogP contribution is -2.51. The van der Waals surface area contributed by atoms with Gasteiger partial charge in [0.15, 0.2) is 5.96 Å². The highest BCUT2D eigenvalue weighted by atomic mass is 32.1. The molecule has 7 nitrogen and oxygen atoms in total. The van der Waals surface area contributed by atoms with Gasteiger partial charge in [0.1, 0.15) is 0 Å². The summed E-state index contributed by atoms with van der Waals surface area (Å²) in [5.74, 6) is 0.871. The first kappa shape index (κ1) is 18.7. The molecule has 3 rings (SSSR count). The predicted molar refractivity (Wildman–Crippen MR) is 108 cm³/mol. The summed E-state index contributed by atoms with van der Waals surface area (Å²) in [5.41, 5.74) is 1.19. The first-order valence-electron chi connectivity index (χ1n) is 9.32. The van der Waals surface area contributed by atoms with Gasteiger partial charge in [-0.05, 0) is 19.3 Å². The quantitative estimate of drug-likeness (QED) is 0.595. The van der Waals surface area contributed by atoms with Crippen molar-refractivity contribution in [2.45, 2.75) is 38.6 Å². The molecule has 0 aromatic carbocycles. The molecular weight excluding hydrogens is 346 g/mol. The summed E-state index contributed by atoms with van der Waals surface area (Å²) >= 11 is 1.80. The molecule has 1 atom stereocenters. The molecule has 0 aliphatic carbocycles. The maximum Gasteiger partial charge on any atom is 0.191 e. The van der Waals surface area contributed by atoms with Gasteiger partial charge in [-0.2, -0.15) is 5.10 Å². The van der Waals surface area contributed by atoms with E-state index in [1.807, 2.05) is 31.2 Å². The fraction of sp³-hybridized carbons (Fsp3) is 0.611. The van der Waals surface area contributed by atoms with Crippen molar-refractivity contribution in [2.75, 3.05) is 31.6 Å². The minimum Gasteiger partial charge on any atom is -0.367 e. The van der Waals surface area contributed by atoms with Crippen molar-refractivity contribution in [3.63, 3.8) is 0 Å². The maximum atomic E-state index is 4.47. The van der Waals surface area contributed by atoms with Crippen molar-refractivity contribution >= 4 is 23.0 Å². The van der Waals surface area contributed by atoms with Crippen LogP contribution in [-0.4, -0.2) is 53.4 Å². The Labute approximate surface area is 159 Å². The number of guanidine groups is 1. The third-order valence-electron chi connectivity index (χ3n) is 4.62. The SMILES string of the molecule is CCc1cnc(CCNC(=NC)NC2CCCN(c3cnn(C)c3)C2)s1. The molecule has 2 aromatic heterocycles. The largest absolute Gasteiger partial charge is 0.367 e. The van der Waals surface area contributed by atoms with E-state index in [-0.39, 0.29) is 0 Å². The predicted octanol–water partition coefficient (Wildman–Crippen LogP) is 1.82. The third kappa shape index (κ3) is 4.97. The zero-order chi connectivity index (χ0) is 18.4. The van der Waals surface area contributed by atoms with Crippen LogP contribution in [0.5, 0.6) is 0 Å². The molecule has 3 heterocycles. The molecule has 0 bridgehead atoms. The summed E-state index contributed by atoms with van der Waals surface area (Å²) in [7, 11) is 3.79. The number of nitrogens with zero attached hydrogens (tertiary/aromatic N) is 5. The van der Waals surface area contributed by atoms with Crippen molar-refractivity contribution in [2.24, 2.45) is 12.0 Å². The summed E-state index contributed by atoms with van der Waals surface area (Å²) in [5, 5.41) is 12.5. The number of hydrogen-bond donors (Lipinski definition) is 2. The molecule has 8 heteroatoms. The minimum absolute atomic E-state index is 0.390. The lowest BCUT2D eigenvalue weighted by molar-refractivity contribution is 0.468. The molecular formula is C18H29N7S. The molecule has 142 valence electrons. The fourth-order valence-electron chi connectivity index (χ4n) is 3.20. The van der Waals surface area contributed by atoms with Crippen LogP contribution in [0.15, 0.2) is 23.6 Å². The van der Waals surface area contributed by atoms with E-state index in [9.17, 15) is 0 Å². The Kier molecular flexibility index (Phi) is 6.49. The topological polar surface area (TPSA) is 70.4 Å². The lowest BCUT2D eigenvalue weighted by atomic mass is 10.1. The normalized spacial score (nSPS) is 18.2. The summed E-state index contributed by atoms with van der Waals surface area (Å²) in [6.45, 7) is 5.06. The highest BCUT2D eigenvalue weighted by Crippen LogP contribution is 2.19. The maximum absolute atomic E-state index is 4.47. The van der Waals surface area contributed by atoms with E-state index >= 15 is 0 Å². The summed E-state index contributed by atoms with van der Waals surface area (Å²) in [4.78, 5) is 12.6. The highest BCUT2D eigenvalue weighted by molar-refractivity contribution is 7.11. The Bertz CT molecular complexity index is 721.